The second kappa shape index (κ2) is 4.17. The van der Waals surface area contributed by atoms with Gasteiger partial charge in [0.05, 0.1) is 12.0 Å². The number of anilines is 1. The van der Waals surface area contributed by atoms with Crippen LogP contribution < -0.4 is 5.32 Å². The van der Waals surface area contributed by atoms with Gasteiger partial charge in [-0.25, -0.2) is 9.97 Å². The van der Waals surface area contributed by atoms with Crippen molar-refractivity contribution in [2.45, 2.75) is 26.7 Å². The molecule has 18 heavy (non-hydrogen) atoms. The molecule has 0 aliphatic heterocycles. The topological polar surface area (TPSA) is 58.0 Å². The number of aromatic nitrogens is 2. The summed E-state index contributed by atoms with van der Waals surface area (Å²) in [6.07, 6.45) is 3.82. The molecule has 1 fully saturated rings. The van der Waals surface area contributed by atoms with Crippen molar-refractivity contribution in [3.63, 3.8) is 0 Å². The van der Waals surface area contributed by atoms with Crippen molar-refractivity contribution in [3.8, 4) is 0 Å². The zero-order chi connectivity index (χ0) is 12.8. The average molecular weight is 263 g/mol. The number of hydrogen-bond acceptors (Lipinski definition) is 5. The van der Waals surface area contributed by atoms with Crippen LogP contribution in [0.2, 0.25) is 0 Å². The van der Waals surface area contributed by atoms with Crippen molar-refractivity contribution in [2.24, 2.45) is 5.41 Å². The molecule has 2 aromatic rings. The molecule has 1 saturated carbocycles. The first-order valence-corrected chi connectivity index (χ1v) is 7.02. The van der Waals surface area contributed by atoms with Gasteiger partial charge in [0.25, 0.3) is 0 Å². The van der Waals surface area contributed by atoms with Crippen LogP contribution in [-0.4, -0.2) is 28.2 Å². The Kier molecular flexibility index (Phi) is 2.75. The number of rotatable bonds is 4. The van der Waals surface area contributed by atoms with Gasteiger partial charge in [-0.3, -0.25) is 0 Å². The van der Waals surface area contributed by atoms with Gasteiger partial charge in [-0.2, -0.15) is 0 Å². The summed E-state index contributed by atoms with van der Waals surface area (Å²) < 4.78 is 0. The first kappa shape index (κ1) is 11.9. The first-order valence-electron chi connectivity index (χ1n) is 6.21. The SMILES string of the molecule is Cc1sc2ncnc(NCC3(CO)CC3)c2c1C. The van der Waals surface area contributed by atoms with Crippen LogP contribution in [0, 0.1) is 19.3 Å². The summed E-state index contributed by atoms with van der Waals surface area (Å²) in [5, 5.41) is 13.9. The minimum atomic E-state index is 0.0935. The summed E-state index contributed by atoms with van der Waals surface area (Å²) in [5.74, 6) is 0.904. The number of nitrogens with zero attached hydrogens (tertiary/aromatic N) is 2. The van der Waals surface area contributed by atoms with E-state index in [2.05, 4.69) is 29.1 Å². The van der Waals surface area contributed by atoms with Crippen LogP contribution in [0.5, 0.6) is 0 Å². The maximum atomic E-state index is 9.34. The molecular weight excluding hydrogens is 246 g/mol. The molecule has 0 spiro atoms. The van der Waals surface area contributed by atoms with Crippen LogP contribution in [-0.2, 0) is 0 Å². The molecule has 0 amide bonds. The summed E-state index contributed by atoms with van der Waals surface area (Å²) in [4.78, 5) is 11.0. The number of aryl methyl sites for hydroxylation is 2. The second-order valence-corrected chi connectivity index (χ2v) is 6.40. The Morgan fingerprint density at radius 3 is 2.83 bits per heavy atom. The zero-order valence-corrected chi connectivity index (χ0v) is 11.5. The van der Waals surface area contributed by atoms with E-state index in [4.69, 9.17) is 0 Å². The lowest BCUT2D eigenvalue weighted by atomic mass is 10.1. The van der Waals surface area contributed by atoms with Crippen LogP contribution in [0.15, 0.2) is 6.33 Å². The van der Waals surface area contributed by atoms with Crippen molar-refractivity contribution < 1.29 is 5.11 Å². The van der Waals surface area contributed by atoms with Crippen molar-refractivity contribution >= 4 is 27.4 Å². The van der Waals surface area contributed by atoms with Crippen molar-refractivity contribution in [2.75, 3.05) is 18.5 Å². The van der Waals surface area contributed by atoms with E-state index in [1.54, 1.807) is 17.7 Å². The molecule has 2 N–H and O–H groups in total. The quantitative estimate of drug-likeness (QED) is 0.890. The summed E-state index contributed by atoms with van der Waals surface area (Å²) in [6, 6.07) is 0. The predicted molar refractivity (Wildman–Crippen MR) is 74.1 cm³/mol. The fourth-order valence-corrected chi connectivity index (χ4v) is 3.15. The van der Waals surface area contributed by atoms with Crippen LogP contribution >= 0.6 is 11.3 Å². The van der Waals surface area contributed by atoms with Crippen molar-refractivity contribution in [3.05, 3.63) is 16.8 Å². The van der Waals surface area contributed by atoms with Crippen molar-refractivity contribution in [1.82, 2.24) is 9.97 Å². The Hall–Kier alpha value is -1.20. The lowest BCUT2D eigenvalue weighted by molar-refractivity contribution is 0.219. The third-order valence-corrected chi connectivity index (χ3v) is 5.00. The highest BCUT2D eigenvalue weighted by atomic mass is 32.1. The Balaban J connectivity index is 1.91. The fraction of sp³-hybridized carbons (Fsp3) is 0.538. The van der Waals surface area contributed by atoms with Crippen molar-refractivity contribution in [1.29, 1.82) is 0 Å². The molecule has 1 aliphatic carbocycles. The number of hydrogen-bond donors (Lipinski definition) is 2. The van der Waals surface area contributed by atoms with E-state index in [1.165, 1.54) is 10.4 Å². The normalized spacial score (nSPS) is 17.1. The monoisotopic (exact) mass is 263 g/mol. The van der Waals surface area contributed by atoms with Crippen LogP contribution in [0.4, 0.5) is 5.82 Å². The molecule has 0 radical (unpaired) electrons. The smallest absolute Gasteiger partial charge is 0.138 e. The standard InChI is InChI=1S/C13H17N3OS/c1-8-9(2)18-12-10(8)11(15-7-16-12)14-5-13(6-17)3-4-13/h7,17H,3-6H2,1-2H3,(H,14,15,16). The lowest BCUT2D eigenvalue weighted by Gasteiger charge is -2.13. The molecule has 1 aliphatic rings. The van der Waals surface area contributed by atoms with E-state index in [0.717, 1.165) is 35.4 Å². The molecule has 0 unspecified atom stereocenters. The van der Waals surface area contributed by atoms with Gasteiger partial charge in [-0.15, -0.1) is 11.3 Å². The Morgan fingerprint density at radius 2 is 2.17 bits per heavy atom. The molecule has 4 nitrogen and oxygen atoms in total. The first-order chi connectivity index (χ1) is 8.65. The summed E-state index contributed by atoms with van der Waals surface area (Å²) in [6.45, 7) is 5.28. The second-order valence-electron chi connectivity index (χ2n) is 5.20. The average Bonchev–Trinajstić information content (AvgIpc) is 3.10. The molecule has 0 bridgehead atoms. The predicted octanol–water partition coefficient (Wildman–Crippen LogP) is 2.49. The molecule has 2 heterocycles. The maximum Gasteiger partial charge on any atom is 0.138 e. The van der Waals surface area contributed by atoms with Gasteiger partial charge >= 0.3 is 0 Å². The third-order valence-electron chi connectivity index (χ3n) is 3.89. The molecule has 96 valence electrons. The highest BCUT2D eigenvalue weighted by Crippen LogP contribution is 2.45. The van der Waals surface area contributed by atoms with Gasteiger partial charge in [-0.1, -0.05) is 0 Å². The van der Waals surface area contributed by atoms with E-state index in [-0.39, 0.29) is 12.0 Å². The van der Waals surface area contributed by atoms with Crippen LogP contribution in [0.3, 0.4) is 0 Å². The van der Waals surface area contributed by atoms with Crippen LogP contribution in [0.25, 0.3) is 10.2 Å². The Bertz CT molecular complexity index is 589. The van der Waals surface area contributed by atoms with Gasteiger partial charge in [0, 0.05) is 16.8 Å². The molecule has 0 atom stereocenters. The number of thiophene rings is 1. The highest BCUT2D eigenvalue weighted by Gasteiger charge is 2.41. The van der Waals surface area contributed by atoms with Gasteiger partial charge in [0.1, 0.15) is 17.0 Å². The minimum absolute atomic E-state index is 0.0935. The fourth-order valence-electron chi connectivity index (χ4n) is 2.16. The zero-order valence-electron chi connectivity index (χ0n) is 10.7. The molecular formula is C13H17N3OS. The maximum absolute atomic E-state index is 9.34. The van der Waals surface area contributed by atoms with Gasteiger partial charge in [-0.05, 0) is 32.3 Å². The van der Waals surface area contributed by atoms with E-state index in [9.17, 15) is 5.11 Å². The highest BCUT2D eigenvalue weighted by molar-refractivity contribution is 7.18. The molecule has 5 heteroatoms. The molecule has 2 aromatic heterocycles. The van der Waals surface area contributed by atoms with Crippen LogP contribution in [0.1, 0.15) is 23.3 Å². The van der Waals surface area contributed by atoms with E-state index in [0.29, 0.717) is 0 Å². The van der Waals surface area contributed by atoms with E-state index < -0.39 is 0 Å². The van der Waals surface area contributed by atoms with E-state index >= 15 is 0 Å². The number of fused-ring (bicyclic) bond motifs is 1. The largest absolute Gasteiger partial charge is 0.396 e. The summed E-state index contributed by atoms with van der Waals surface area (Å²) >= 11 is 1.71. The van der Waals surface area contributed by atoms with E-state index in [1.807, 2.05) is 0 Å². The number of nitrogens with one attached hydrogen (secondary N) is 1. The molecule has 0 aromatic carbocycles. The Labute approximate surface area is 110 Å². The third kappa shape index (κ3) is 1.87. The number of aliphatic hydroxyl groups excluding tert-OH is 1. The van der Waals surface area contributed by atoms with Gasteiger partial charge in [0.15, 0.2) is 0 Å². The molecule has 0 saturated heterocycles. The lowest BCUT2D eigenvalue weighted by Crippen LogP contribution is -2.19. The Morgan fingerprint density at radius 1 is 1.39 bits per heavy atom. The van der Waals surface area contributed by atoms with Gasteiger partial charge < -0.3 is 10.4 Å². The number of aliphatic hydroxyl groups is 1. The molecule has 3 rings (SSSR count). The minimum Gasteiger partial charge on any atom is -0.396 e. The summed E-state index contributed by atoms with van der Waals surface area (Å²) in [7, 11) is 0. The summed E-state index contributed by atoms with van der Waals surface area (Å²) in [5.41, 5.74) is 1.35. The van der Waals surface area contributed by atoms with Gasteiger partial charge in [0.2, 0.25) is 0 Å².